The van der Waals surface area contributed by atoms with Crippen LogP contribution in [0.25, 0.3) is 0 Å². The highest BCUT2D eigenvalue weighted by Gasteiger charge is 2.25. The van der Waals surface area contributed by atoms with E-state index in [1.54, 1.807) is 36.4 Å². The molecule has 1 aliphatic rings. The second-order valence-electron chi connectivity index (χ2n) is 11.9. The molecule has 1 unspecified atom stereocenters. The molecule has 1 saturated carbocycles. The number of benzene rings is 3. The Morgan fingerprint density at radius 1 is 0.857 bits per heavy atom. The van der Waals surface area contributed by atoms with Crippen molar-refractivity contribution in [2.45, 2.75) is 90.8 Å². The van der Waals surface area contributed by atoms with Gasteiger partial charge in [-0.1, -0.05) is 55.7 Å². The van der Waals surface area contributed by atoms with E-state index in [-0.39, 0.29) is 24.4 Å². The van der Waals surface area contributed by atoms with Crippen LogP contribution in [0.2, 0.25) is 0 Å². The first-order valence-corrected chi connectivity index (χ1v) is 15.3. The normalized spacial score (nSPS) is 14.8. The van der Waals surface area contributed by atoms with Crippen LogP contribution in [0.15, 0.2) is 72.8 Å². The summed E-state index contributed by atoms with van der Waals surface area (Å²) in [5.74, 6) is 0.130. The van der Waals surface area contributed by atoms with Gasteiger partial charge in [0.2, 0.25) is 0 Å². The van der Waals surface area contributed by atoms with E-state index in [0.717, 1.165) is 55.3 Å². The zero-order chi connectivity index (χ0) is 30.1. The van der Waals surface area contributed by atoms with Gasteiger partial charge in [0.25, 0.3) is 0 Å². The van der Waals surface area contributed by atoms with Crippen molar-refractivity contribution in [3.05, 3.63) is 95.1 Å². The first-order chi connectivity index (χ1) is 20.3. The number of aliphatic hydroxyl groups excluding tert-OH is 1. The third kappa shape index (κ3) is 8.30. The molecular formula is C36H45NO5. The quantitative estimate of drug-likeness (QED) is 0.179. The minimum absolute atomic E-state index is 0.0397. The van der Waals surface area contributed by atoms with Crippen molar-refractivity contribution in [1.29, 1.82) is 0 Å². The highest BCUT2D eigenvalue weighted by atomic mass is 16.5. The highest BCUT2D eigenvalue weighted by Crippen LogP contribution is 2.36. The van der Waals surface area contributed by atoms with Gasteiger partial charge in [-0.05, 0) is 101 Å². The number of hydrogen-bond acceptors (Lipinski definition) is 6. The van der Waals surface area contributed by atoms with Crippen LogP contribution in [0.4, 0.5) is 0 Å². The largest absolute Gasteiger partial charge is 0.426 e. The molecule has 0 bridgehead atoms. The lowest BCUT2D eigenvalue weighted by Gasteiger charge is -2.32. The maximum absolute atomic E-state index is 13.3. The molecule has 3 aromatic carbocycles. The van der Waals surface area contributed by atoms with Crippen molar-refractivity contribution in [3.63, 3.8) is 0 Å². The number of carbonyl (C=O) groups is 2. The Morgan fingerprint density at radius 2 is 1.52 bits per heavy atom. The van der Waals surface area contributed by atoms with Gasteiger partial charge in [0.15, 0.2) is 0 Å². The molecule has 0 amide bonds. The van der Waals surface area contributed by atoms with Gasteiger partial charge in [-0.25, -0.2) is 4.79 Å². The molecule has 42 heavy (non-hydrogen) atoms. The summed E-state index contributed by atoms with van der Waals surface area (Å²) in [6, 6.07) is 23.1. The molecule has 3 aromatic rings. The fourth-order valence-corrected chi connectivity index (χ4v) is 6.00. The van der Waals surface area contributed by atoms with Gasteiger partial charge in [0, 0.05) is 23.6 Å². The molecule has 0 heterocycles. The predicted octanol–water partition coefficient (Wildman–Crippen LogP) is 7.52. The van der Waals surface area contributed by atoms with E-state index in [0.29, 0.717) is 29.1 Å². The van der Waals surface area contributed by atoms with Crippen LogP contribution < -0.4 is 9.47 Å². The average Bonchev–Trinajstić information content (AvgIpc) is 3.00. The maximum Gasteiger partial charge on any atom is 0.343 e. The second kappa shape index (κ2) is 15.1. The Morgan fingerprint density at radius 3 is 2.14 bits per heavy atom. The van der Waals surface area contributed by atoms with Crippen molar-refractivity contribution in [1.82, 2.24) is 4.90 Å². The van der Waals surface area contributed by atoms with Crippen LogP contribution in [0.5, 0.6) is 11.5 Å². The summed E-state index contributed by atoms with van der Waals surface area (Å²) in [6.45, 7) is 9.60. The van der Waals surface area contributed by atoms with E-state index >= 15 is 0 Å². The Bertz CT molecular complexity index is 1290. The number of aliphatic hydroxyl groups is 1. The van der Waals surface area contributed by atoms with Gasteiger partial charge in [-0.3, -0.25) is 9.69 Å². The van der Waals surface area contributed by atoms with Crippen molar-refractivity contribution in [3.8, 4) is 11.5 Å². The van der Waals surface area contributed by atoms with E-state index < -0.39 is 5.97 Å². The number of esters is 2. The van der Waals surface area contributed by atoms with Gasteiger partial charge in [0.1, 0.15) is 11.5 Å². The monoisotopic (exact) mass is 571 g/mol. The summed E-state index contributed by atoms with van der Waals surface area (Å²) in [5.41, 5.74) is 3.12. The van der Waals surface area contributed by atoms with Crippen molar-refractivity contribution in [2.24, 2.45) is 5.92 Å². The van der Waals surface area contributed by atoms with Crippen LogP contribution >= 0.6 is 0 Å². The van der Waals surface area contributed by atoms with Gasteiger partial charge in [0.05, 0.1) is 18.1 Å². The molecule has 1 fully saturated rings. The Labute approximate surface area is 250 Å². The summed E-state index contributed by atoms with van der Waals surface area (Å²) in [7, 11) is 0. The zero-order valence-electron chi connectivity index (χ0n) is 25.4. The molecule has 0 radical (unpaired) electrons. The fourth-order valence-electron chi connectivity index (χ4n) is 6.00. The SMILES string of the molecule is CC(C)N(CCC(c1ccccc1)c1cc(CO)ccc1OC(=O)c1ccc(OC(=O)C2CCCCC2)cc1)C(C)C. The number of hydrogen-bond donors (Lipinski definition) is 1. The minimum atomic E-state index is -0.490. The summed E-state index contributed by atoms with van der Waals surface area (Å²) < 4.78 is 11.6. The summed E-state index contributed by atoms with van der Waals surface area (Å²) >= 11 is 0. The number of carbonyl (C=O) groups excluding carboxylic acids is 2. The third-order valence-electron chi connectivity index (χ3n) is 8.29. The van der Waals surface area contributed by atoms with E-state index in [2.05, 4.69) is 44.7 Å². The Kier molecular flexibility index (Phi) is 11.3. The summed E-state index contributed by atoms with van der Waals surface area (Å²) in [4.78, 5) is 28.3. The average molecular weight is 572 g/mol. The van der Waals surface area contributed by atoms with Crippen molar-refractivity contribution < 1.29 is 24.2 Å². The molecule has 0 aromatic heterocycles. The zero-order valence-corrected chi connectivity index (χ0v) is 25.4. The maximum atomic E-state index is 13.3. The molecule has 224 valence electrons. The molecule has 0 saturated heterocycles. The molecule has 1 N–H and O–H groups in total. The van der Waals surface area contributed by atoms with Crippen LogP contribution in [0.1, 0.15) is 99.2 Å². The molecule has 0 spiro atoms. The lowest BCUT2D eigenvalue weighted by molar-refractivity contribution is -0.139. The van der Waals surface area contributed by atoms with Crippen LogP contribution in [0, 0.1) is 5.92 Å². The fraction of sp³-hybridized carbons (Fsp3) is 0.444. The smallest absolute Gasteiger partial charge is 0.343 e. The van der Waals surface area contributed by atoms with E-state index in [1.165, 1.54) is 6.42 Å². The van der Waals surface area contributed by atoms with Crippen LogP contribution in [-0.4, -0.2) is 40.6 Å². The van der Waals surface area contributed by atoms with Crippen molar-refractivity contribution in [2.75, 3.05) is 6.54 Å². The van der Waals surface area contributed by atoms with Gasteiger partial charge < -0.3 is 14.6 Å². The third-order valence-corrected chi connectivity index (χ3v) is 8.29. The summed E-state index contributed by atoms with van der Waals surface area (Å²) in [6.07, 6.45) is 5.86. The number of ether oxygens (including phenoxy) is 2. The molecule has 6 heteroatoms. The molecule has 1 aliphatic carbocycles. The van der Waals surface area contributed by atoms with Crippen LogP contribution in [-0.2, 0) is 11.4 Å². The Balaban J connectivity index is 1.55. The number of nitrogens with zero attached hydrogens (tertiary/aromatic N) is 1. The van der Waals surface area contributed by atoms with Gasteiger partial charge >= 0.3 is 11.9 Å². The van der Waals surface area contributed by atoms with Gasteiger partial charge in [-0.2, -0.15) is 0 Å². The van der Waals surface area contributed by atoms with Crippen LogP contribution in [0.3, 0.4) is 0 Å². The van der Waals surface area contributed by atoms with Gasteiger partial charge in [-0.15, -0.1) is 0 Å². The first-order valence-electron chi connectivity index (χ1n) is 15.3. The molecule has 4 rings (SSSR count). The predicted molar refractivity (Wildman–Crippen MR) is 166 cm³/mol. The van der Waals surface area contributed by atoms with Crippen molar-refractivity contribution >= 4 is 11.9 Å². The highest BCUT2D eigenvalue weighted by molar-refractivity contribution is 5.91. The molecule has 1 atom stereocenters. The molecule has 6 nitrogen and oxygen atoms in total. The first kappa shape index (κ1) is 31.5. The topological polar surface area (TPSA) is 76.1 Å². The summed E-state index contributed by atoms with van der Waals surface area (Å²) in [5, 5.41) is 9.95. The minimum Gasteiger partial charge on any atom is -0.426 e. The lowest BCUT2D eigenvalue weighted by atomic mass is 9.86. The lowest BCUT2D eigenvalue weighted by Crippen LogP contribution is -2.38. The van der Waals surface area contributed by atoms with E-state index in [1.807, 2.05) is 24.3 Å². The Hall–Kier alpha value is -3.48. The molecular weight excluding hydrogens is 526 g/mol. The number of rotatable bonds is 12. The second-order valence-corrected chi connectivity index (χ2v) is 11.9. The van der Waals surface area contributed by atoms with E-state index in [4.69, 9.17) is 9.47 Å². The molecule has 0 aliphatic heterocycles. The van der Waals surface area contributed by atoms with E-state index in [9.17, 15) is 14.7 Å². The standard InChI is InChI=1S/C36H45NO5/c1-25(2)37(26(3)4)22-21-32(28-11-7-5-8-12-28)33-23-27(24-38)15-20-34(33)42-36(40)30-16-18-31(19-17-30)41-35(39)29-13-9-6-10-14-29/h5,7-8,11-12,15-20,23,25-26,29,32,38H,6,9-10,13-14,21-22,24H2,1-4H3.